The first-order chi connectivity index (χ1) is 7.04. The summed E-state index contributed by atoms with van der Waals surface area (Å²) in [5.74, 6) is 5.14. The molecule has 1 rings (SSSR count). The minimum Gasteiger partial charge on any atom is -0.271 e. The molecule has 0 amide bonds. The van der Waals surface area contributed by atoms with Crippen molar-refractivity contribution in [2.24, 2.45) is 5.84 Å². The highest BCUT2D eigenvalue weighted by Crippen LogP contribution is 2.25. The zero-order valence-corrected chi connectivity index (χ0v) is 10.1. The smallest absolute Gasteiger partial charge is 0.128 e. The summed E-state index contributed by atoms with van der Waals surface area (Å²) >= 11 is 3.30. The summed E-state index contributed by atoms with van der Waals surface area (Å²) in [6.07, 6.45) is 0.615. The Labute approximate surface area is 97.5 Å². The molecule has 0 aliphatic heterocycles. The van der Waals surface area contributed by atoms with Crippen LogP contribution in [0.4, 0.5) is 4.39 Å². The third-order valence-corrected chi connectivity index (χ3v) is 2.58. The summed E-state index contributed by atoms with van der Waals surface area (Å²) in [5.41, 5.74) is 4.10. The zero-order valence-electron chi connectivity index (χ0n) is 8.56. The molecule has 0 saturated carbocycles. The standard InChI is InChI=1S/C11H14BrFN2/c1-7(2)5-11(15-14)9-6-8(12)3-4-10(9)13/h3-4,6,11,15H,1,5,14H2,2H3. The van der Waals surface area contributed by atoms with Crippen LogP contribution in [0.15, 0.2) is 34.8 Å². The summed E-state index contributed by atoms with van der Waals surface area (Å²) in [4.78, 5) is 0. The first kappa shape index (κ1) is 12.4. The molecule has 82 valence electrons. The zero-order chi connectivity index (χ0) is 11.4. The predicted molar refractivity (Wildman–Crippen MR) is 63.6 cm³/mol. The maximum absolute atomic E-state index is 13.5. The van der Waals surface area contributed by atoms with Crippen LogP contribution in [0.25, 0.3) is 0 Å². The van der Waals surface area contributed by atoms with E-state index in [1.807, 2.05) is 6.92 Å². The quantitative estimate of drug-likeness (QED) is 0.502. The number of hydrogen-bond donors (Lipinski definition) is 2. The summed E-state index contributed by atoms with van der Waals surface area (Å²) in [7, 11) is 0. The number of benzene rings is 1. The lowest BCUT2D eigenvalue weighted by atomic mass is 10.0. The van der Waals surface area contributed by atoms with Gasteiger partial charge in [0.25, 0.3) is 0 Å². The molecule has 0 aliphatic carbocycles. The Kier molecular flexibility index (Phi) is 4.45. The Balaban J connectivity index is 3.00. The van der Waals surface area contributed by atoms with Crippen molar-refractivity contribution in [3.63, 3.8) is 0 Å². The van der Waals surface area contributed by atoms with E-state index in [0.717, 1.165) is 10.0 Å². The normalized spacial score (nSPS) is 12.5. The summed E-state index contributed by atoms with van der Waals surface area (Å²) in [5, 5.41) is 0. The van der Waals surface area contributed by atoms with Gasteiger partial charge in [0.15, 0.2) is 0 Å². The Hall–Kier alpha value is -0.710. The lowest BCUT2D eigenvalue weighted by Crippen LogP contribution is -2.28. The Morgan fingerprint density at radius 2 is 2.33 bits per heavy atom. The highest BCUT2D eigenvalue weighted by molar-refractivity contribution is 9.10. The van der Waals surface area contributed by atoms with E-state index in [1.165, 1.54) is 6.07 Å². The van der Waals surface area contributed by atoms with Crippen molar-refractivity contribution < 1.29 is 4.39 Å². The molecule has 1 aromatic carbocycles. The number of hydrogen-bond acceptors (Lipinski definition) is 2. The molecule has 2 nitrogen and oxygen atoms in total. The molecular weight excluding hydrogens is 259 g/mol. The molecule has 4 heteroatoms. The molecule has 0 saturated heterocycles. The average molecular weight is 273 g/mol. The fourth-order valence-electron chi connectivity index (χ4n) is 1.39. The van der Waals surface area contributed by atoms with Crippen LogP contribution in [0.3, 0.4) is 0 Å². The lowest BCUT2D eigenvalue weighted by Gasteiger charge is -2.17. The van der Waals surface area contributed by atoms with Crippen molar-refractivity contribution >= 4 is 15.9 Å². The van der Waals surface area contributed by atoms with E-state index in [-0.39, 0.29) is 11.9 Å². The third kappa shape index (κ3) is 3.41. The molecule has 0 aliphatic rings. The highest BCUT2D eigenvalue weighted by Gasteiger charge is 2.14. The third-order valence-electron chi connectivity index (χ3n) is 2.09. The van der Waals surface area contributed by atoms with Crippen LogP contribution in [0.2, 0.25) is 0 Å². The summed E-state index contributed by atoms with van der Waals surface area (Å²) < 4.78 is 14.3. The van der Waals surface area contributed by atoms with Gasteiger partial charge in [-0.2, -0.15) is 0 Å². The van der Waals surface area contributed by atoms with Crippen LogP contribution in [-0.4, -0.2) is 0 Å². The molecule has 1 aromatic rings. The van der Waals surface area contributed by atoms with Gasteiger partial charge in [0.05, 0.1) is 6.04 Å². The van der Waals surface area contributed by atoms with Crippen molar-refractivity contribution in [3.8, 4) is 0 Å². The van der Waals surface area contributed by atoms with Gasteiger partial charge < -0.3 is 0 Å². The van der Waals surface area contributed by atoms with E-state index in [4.69, 9.17) is 5.84 Å². The number of nitrogens with one attached hydrogen (secondary N) is 1. The molecule has 0 aromatic heterocycles. The van der Waals surface area contributed by atoms with Crippen molar-refractivity contribution in [3.05, 3.63) is 46.2 Å². The molecule has 0 spiro atoms. The molecular formula is C11H14BrFN2. The van der Waals surface area contributed by atoms with Gasteiger partial charge in [-0.25, -0.2) is 4.39 Å². The van der Waals surface area contributed by atoms with Crippen LogP contribution >= 0.6 is 15.9 Å². The van der Waals surface area contributed by atoms with Gasteiger partial charge in [-0.3, -0.25) is 11.3 Å². The SMILES string of the molecule is C=C(C)CC(NN)c1cc(Br)ccc1F. The molecule has 15 heavy (non-hydrogen) atoms. The highest BCUT2D eigenvalue weighted by atomic mass is 79.9. The fourth-order valence-corrected chi connectivity index (χ4v) is 1.77. The van der Waals surface area contributed by atoms with Crippen LogP contribution in [0.1, 0.15) is 24.9 Å². The van der Waals surface area contributed by atoms with Gasteiger partial charge in [0.1, 0.15) is 5.82 Å². The van der Waals surface area contributed by atoms with Gasteiger partial charge in [0, 0.05) is 10.0 Å². The molecule has 1 atom stereocenters. The Morgan fingerprint density at radius 1 is 1.67 bits per heavy atom. The Morgan fingerprint density at radius 3 is 2.87 bits per heavy atom. The van der Waals surface area contributed by atoms with Crippen LogP contribution < -0.4 is 11.3 Å². The van der Waals surface area contributed by atoms with Crippen molar-refractivity contribution in [1.29, 1.82) is 0 Å². The van der Waals surface area contributed by atoms with E-state index in [1.54, 1.807) is 12.1 Å². The van der Waals surface area contributed by atoms with E-state index < -0.39 is 0 Å². The second-order valence-electron chi connectivity index (χ2n) is 3.55. The largest absolute Gasteiger partial charge is 0.271 e. The molecule has 1 unspecified atom stereocenters. The average Bonchev–Trinajstić information content (AvgIpc) is 2.18. The first-order valence-electron chi connectivity index (χ1n) is 4.60. The summed E-state index contributed by atoms with van der Waals surface area (Å²) in [6, 6.07) is 4.57. The maximum Gasteiger partial charge on any atom is 0.128 e. The van der Waals surface area contributed by atoms with Crippen molar-refractivity contribution in [2.45, 2.75) is 19.4 Å². The van der Waals surface area contributed by atoms with Gasteiger partial charge in [0.2, 0.25) is 0 Å². The number of rotatable bonds is 4. The van der Waals surface area contributed by atoms with Crippen LogP contribution in [-0.2, 0) is 0 Å². The molecule has 3 N–H and O–H groups in total. The molecule has 0 radical (unpaired) electrons. The number of nitrogens with two attached hydrogens (primary N) is 1. The van der Waals surface area contributed by atoms with Gasteiger partial charge >= 0.3 is 0 Å². The topological polar surface area (TPSA) is 38.0 Å². The second kappa shape index (κ2) is 5.39. The van der Waals surface area contributed by atoms with E-state index in [2.05, 4.69) is 27.9 Å². The maximum atomic E-state index is 13.5. The van der Waals surface area contributed by atoms with E-state index >= 15 is 0 Å². The van der Waals surface area contributed by atoms with Gasteiger partial charge in [-0.05, 0) is 31.5 Å². The lowest BCUT2D eigenvalue weighted by molar-refractivity contribution is 0.509. The predicted octanol–water partition coefficient (Wildman–Crippen LogP) is 3.06. The van der Waals surface area contributed by atoms with Crippen LogP contribution in [0.5, 0.6) is 0 Å². The van der Waals surface area contributed by atoms with Gasteiger partial charge in [-0.15, -0.1) is 6.58 Å². The van der Waals surface area contributed by atoms with Crippen molar-refractivity contribution in [1.82, 2.24) is 5.43 Å². The fraction of sp³-hybridized carbons (Fsp3) is 0.273. The monoisotopic (exact) mass is 272 g/mol. The van der Waals surface area contributed by atoms with Gasteiger partial charge in [-0.1, -0.05) is 21.5 Å². The van der Waals surface area contributed by atoms with E-state index in [9.17, 15) is 4.39 Å². The Bertz CT molecular complexity index is 366. The number of hydrazine groups is 1. The molecule has 0 bridgehead atoms. The molecule has 0 heterocycles. The molecule has 0 fully saturated rings. The minimum atomic E-state index is -0.262. The number of halogens is 2. The second-order valence-corrected chi connectivity index (χ2v) is 4.46. The minimum absolute atomic E-state index is 0.236. The first-order valence-corrected chi connectivity index (χ1v) is 5.39. The van der Waals surface area contributed by atoms with Crippen LogP contribution in [0, 0.1) is 5.82 Å². The van der Waals surface area contributed by atoms with E-state index in [0.29, 0.717) is 12.0 Å². The van der Waals surface area contributed by atoms with Crippen molar-refractivity contribution in [2.75, 3.05) is 0 Å². The summed E-state index contributed by atoms with van der Waals surface area (Å²) in [6.45, 7) is 5.68.